The van der Waals surface area contributed by atoms with Crippen molar-refractivity contribution in [3.8, 4) is 5.88 Å². The molecule has 5 heteroatoms. The van der Waals surface area contributed by atoms with Crippen LogP contribution in [0.5, 0.6) is 5.88 Å². The average molecular weight is 447 g/mol. The number of piperidine rings is 1. The third kappa shape index (κ3) is 2.86. The van der Waals surface area contributed by atoms with E-state index >= 15 is 0 Å². The van der Waals surface area contributed by atoms with Gasteiger partial charge >= 0.3 is 0 Å². The van der Waals surface area contributed by atoms with Gasteiger partial charge in [0.05, 0.1) is 17.7 Å². The Balaban J connectivity index is 1.29. The number of hydrogen-bond donors (Lipinski definition) is 1. The SMILES string of the molecule is COc1ncc(Cl)cc1C1(O)CCN(CC23CC(c4ccccc42)c2ccccc23)CC1. The van der Waals surface area contributed by atoms with E-state index in [4.69, 9.17) is 16.3 Å². The highest BCUT2D eigenvalue weighted by atomic mass is 35.5. The average Bonchev–Trinajstić information content (AvgIpc) is 3.33. The van der Waals surface area contributed by atoms with Gasteiger partial charge in [-0.3, -0.25) is 0 Å². The summed E-state index contributed by atoms with van der Waals surface area (Å²) in [4.78, 5) is 6.80. The van der Waals surface area contributed by atoms with Crippen molar-refractivity contribution in [2.75, 3.05) is 26.7 Å². The summed E-state index contributed by atoms with van der Waals surface area (Å²) in [5.41, 5.74) is 5.74. The number of pyridine rings is 1. The van der Waals surface area contributed by atoms with Crippen LogP contribution in [0.1, 0.15) is 53.0 Å². The van der Waals surface area contributed by atoms with Crippen LogP contribution >= 0.6 is 11.6 Å². The number of likely N-dealkylation sites (tertiary alicyclic amines) is 1. The van der Waals surface area contributed by atoms with Crippen LogP contribution in [0.3, 0.4) is 0 Å². The molecule has 6 rings (SSSR count). The van der Waals surface area contributed by atoms with Gasteiger partial charge in [0.15, 0.2) is 0 Å². The molecule has 164 valence electrons. The van der Waals surface area contributed by atoms with Crippen molar-refractivity contribution < 1.29 is 9.84 Å². The third-order valence-corrected chi connectivity index (χ3v) is 8.15. The normalized spacial score (nSPS) is 25.4. The topological polar surface area (TPSA) is 45.6 Å². The van der Waals surface area contributed by atoms with Crippen molar-refractivity contribution in [3.63, 3.8) is 0 Å². The van der Waals surface area contributed by atoms with E-state index in [0.717, 1.165) is 26.1 Å². The summed E-state index contributed by atoms with van der Waals surface area (Å²) in [6.07, 6.45) is 3.98. The molecule has 2 bridgehead atoms. The number of fused-ring (bicyclic) bond motifs is 8. The molecule has 1 fully saturated rings. The van der Waals surface area contributed by atoms with Crippen LogP contribution < -0.4 is 4.74 Å². The van der Waals surface area contributed by atoms with Gasteiger partial charge in [0.25, 0.3) is 0 Å². The maximum atomic E-state index is 11.5. The van der Waals surface area contributed by atoms with Gasteiger partial charge in [0.2, 0.25) is 5.88 Å². The first-order valence-corrected chi connectivity index (χ1v) is 11.8. The van der Waals surface area contributed by atoms with E-state index in [2.05, 4.69) is 58.4 Å². The number of benzene rings is 2. The number of ether oxygens (including phenoxy) is 1. The number of methoxy groups -OCH3 is 1. The summed E-state index contributed by atoms with van der Waals surface area (Å²) in [6, 6.07) is 19.8. The van der Waals surface area contributed by atoms with Crippen LogP contribution in [0.4, 0.5) is 0 Å². The molecule has 2 aromatic carbocycles. The van der Waals surface area contributed by atoms with Crippen LogP contribution in [0.15, 0.2) is 60.8 Å². The molecule has 2 aliphatic carbocycles. The Morgan fingerprint density at radius 3 is 2.28 bits per heavy atom. The van der Waals surface area contributed by atoms with Crippen LogP contribution in [0, 0.1) is 0 Å². The highest BCUT2D eigenvalue weighted by molar-refractivity contribution is 6.30. The molecular weight excluding hydrogens is 420 g/mol. The van der Waals surface area contributed by atoms with Crippen molar-refractivity contribution in [1.82, 2.24) is 9.88 Å². The first-order chi connectivity index (χ1) is 15.5. The predicted octanol–water partition coefficient (Wildman–Crippen LogP) is 4.86. The molecule has 4 nitrogen and oxygen atoms in total. The van der Waals surface area contributed by atoms with E-state index in [1.807, 2.05) is 0 Å². The second-order valence-corrected chi connectivity index (χ2v) is 9.97. The minimum atomic E-state index is -0.971. The molecule has 0 saturated carbocycles. The zero-order valence-corrected chi connectivity index (χ0v) is 19.0. The standard InChI is InChI=1S/C27H27ClN2O2/c1-32-25-24(14-18(28)16-29-25)27(31)10-12-30(13-11-27)17-26-15-21(19-6-2-4-8-22(19)26)20-7-3-5-9-23(20)26/h2-9,14,16,21,31H,10-13,15,17H2,1H3. The van der Waals surface area contributed by atoms with E-state index in [1.54, 1.807) is 19.4 Å². The van der Waals surface area contributed by atoms with Crippen molar-refractivity contribution in [3.05, 3.63) is 93.6 Å². The minimum absolute atomic E-state index is 0.0443. The van der Waals surface area contributed by atoms with Gasteiger partial charge in [0, 0.05) is 42.7 Å². The smallest absolute Gasteiger partial charge is 0.219 e. The van der Waals surface area contributed by atoms with E-state index in [9.17, 15) is 5.11 Å². The number of nitrogens with zero attached hydrogens (tertiary/aromatic N) is 2. The Bertz CT molecular complexity index is 1140. The van der Waals surface area contributed by atoms with Gasteiger partial charge in [-0.1, -0.05) is 60.1 Å². The summed E-state index contributed by atoms with van der Waals surface area (Å²) in [5.74, 6) is 0.965. The third-order valence-electron chi connectivity index (χ3n) is 7.95. The molecule has 0 atom stereocenters. The highest BCUT2D eigenvalue weighted by Gasteiger charge is 2.53. The molecular formula is C27H27ClN2O2. The fraction of sp³-hybridized carbons (Fsp3) is 0.370. The number of aromatic nitrogens is 1. The fourth-order valence-electron chi connectivity index (χ4n) is 6.46. The molecule has 1 saturated heterocycles. The Morgan fingerprint density at radius 2 is 1.66 bits per heavy atom. The van der Waals surface area contributed by atoms with E-state index in [0.29, 0.717) is 35.2 Å². The molecule has 3 aromatic rings. The molecule has 0 radical (unpaired) electrons. The second kappa shape index (κ2) is 7.31. The number of halogens is 1. The molecule has 32 heavy (non-hydrogen) atoms. The lowest BCUT2D eigenvalue weighted by atomic mass is 9.74. The van der Waals surface area contributed by atoms with E-state index < -0.39 is 5.60 Å². The molecule has 3 aliphatic rings. The van der Waals surface area contributed by atoms with Gasteiger partial charge in [-0.2, -0.15) is 0 Å². The highest BCUT2D eigenvalue weighted by Crippen LogP contribution is 2.60. The zero-order valence-electron chi connectivity index (χ0n) is 18.2. The van der Waals surface area contributed by atoms with Crippen LogP contribution in [0.25, 0.3) is 0 Å². The van der Waals surface area contributed by atoms with E-state index in [1.165, 1.54) is 22.3 Å². The summed E-state index contributed by atoms with van der Waals surface area (Å²) in [6.45, 7) is 2.63. The molecule has 0 spiro atoms. The number of rotatable bonds is 4. The Labute approximate surface area is 193 Å². The molecule has 1 N–H and O–H groups in total. The van der Waals surface area contributed by atoms with Crippen molar-refractivity contribution in [2.24, 2.45) is 0 Å². The molecule has 1 aromatic heterocycles. The Morgan fingerprint density at radius 1 is 1.03 bits per heavy atom. The maximum absolute atomic E-state index is 11.5. The lowest BCUT2D eigenvalue weighted by Gasteiger charge is -2.43. The van der Waals surface area contributed by atoms with Crippen molar-refractivity contribution in [1.29, 1.82) is 0 Å². The number of aliphatic hydroxyl groups is 1. The molecule has 0 amide bonds. The van der Waals surface area contributed by atoms with Crippen molar-refractivity contribution >= 4 is 11.6 Å². The largest absolute Gasteiger partial charge is 0.481 e. The zero-order chi connectivity index (χ0) is 21.9. The van der Waals surface area contributed by atoms with Crippen LogP contribution in [-0.4, -0.2) is 41.7 Å². The lowest BCUT2D eigenvalue weighted by Crippen LogP contribution is -2.48. The van der Waals surface area contributed by atoms with Gasteiger partial charge in [0.1, 0.15) is 0 Å². The predicted molar refractivity (Wildman–Crippen MR) is 125 cm³/mol. The second-order valence-electron chi connectivity index (χ2n) is 9.53. The Kier molecular flexibility index (Phi) is 4.62. The quantitative estimate of drug-likeness (QED) is 0.621. The molecule has 0 unspecified atom stereocenters. The summed E-state index contributed by atoms with van der Waals surface area (Å²) < 4.78 is 5.43. The van der Waals surface area contributed by atoms with Crippen LogP contribution in [-0.2, 0) is 11.0 Å². The van der Waals surface area contributed by atoms with E-state index in [-0.39, 0.29) is 5.41 Å². The van der Waals surface area contributed by atoms with Gasteiger partial charge in [-0.05, 0) is 47.6 Å². The summed E-state index contributed by atoms with van der Waals surface area (Å²) >= 11 is 6.19. The molecule has 1 aliphatic heterocycles. The van der Waals surface area contributed by atoms with Crippen LogP contribution in [0.2, 0.25) is 5.02 Å². The number of hydrogen-bond acceptors (Lipinski definition) is 4. The first-order valence-electron chi connectivity index (χ1n) is 11.4. The summed E-state index contributed by atoms with van der Waals surface area (Å²) in [5, 5.41) is 12.0. The lowest BCUT2D eigenvalue weighted by molar-refractivity contribution is -0.0308. The fourth-order valence-corrected chi connectivity index (χ4v) is 6.62. The van der Waals surface area contributed by atoms with Crippen molar-refractivity contribution in [2.45, 2.75) is 36.2 Å². The monoisotopic (exact) mass is 446 g/mol. The maximum Gasteiger partial charge on any atom is 0.219 e. The van der Waals surface area contributed by atoms with Gasteiger partial charge in [-0.25, -0.2) is 4.98 Å². The Hall–Kier alpha value is -2.40. The van der Waals surface area contributed by atoms with Gasteiger partial charge in [-0.15, -0.1) is 0 Å². The first kappa shape index (κ1) is 20.2. The summed E-state index contributed by atoms with van der Waals surface area (Å²) in [7, 11) is 1.59. The molecule has 2 heterocycles. The van der Waals surface area contributed by atoms with Gasteiger partial charge < -0.3 is 14.7 Å². The minimum Gasteiger partial charge on any atom is -0.481 e.